The SMILES string of the molecule is CCOC(=O)C1=C(C)NC(SCC(=O)c2ccc(OC)cc2)=NC1c1ccc(OC)cc1.[Cl-]. The van der Waals surface area contributed by atoms with Crippen LogP contribution < -0.4 is 27.2 Å². The van der Waals surface area contributed by atoms with Crippen molar-refractivity contribution in [2.45, 2.75) is 19.9 Å². The molecule has 33 heavy (non-hydrogen) atoms. The Labute approximate surface area is 204 Å². The zero-order chi connectivity index (χ0) is 23.1. The van der Waals surface area contributed by atoms with Crippen molar-refractivity contribution in [3.05, 3.63) is 70.9 Å². The zero-order valence-electron chi connectivity index (χ0n) is 18.9. The molecule has 2 aromatic carbocycles. The quantitative estimate of drug-likeness (QED) is 0.440. The lowest BCUT2D eigenvalue weighted by Gasteiger charge is -2.25. The minimum Gasteiger partial charge on any atom is -1.00 e. The van der Waals surface area contributed by atoms with Gasteiger partial charge in [0.25, 0.3) is 0 Å². The first kappa shape index (κ1) is 26.3. The Morgan fingerprint density at radius 1 is 1.00 bits per heavy atom. The van der Waals surface area contributed by atoms with Gasteiger partial charge in [-0.2, -0.15) is 0 Å². The van der Waals surface area contributed by atoms with E-state index in [2.05, 4.69) is 5.32 Å². The highest BCUT2D eigenvalue weighted by molar-refractivity contribution is 8.14. The standard InChI is InChI=1S/C24H26N2O5S.ClH/c1-5-31-23(28)21-15(2)25-24(26-22(21)17-8-12-19(30-4)13-9-17)32-14-20(27)16-6-10-18(29-3)11-7-16;/h6-13,22H,5,14H2,1-4H3,(H,25,26);1H/p-1. The van der Waals surface area contributed by atoms with Crippen LogP contribution in [-0.2, 0) is 9.53 Å². The van der Waals surface area contributed by atoms with Crippen molar-refractivity contribution in [3.8, 4) is 11.5 Å². The highest BCUT2D eigenvalue weighted by Crippen LogP contribution is 2.33. The number of aliphatic imine (C=N–C) groups is 1. The fourth-order valence-electron chi connectivity index (χ4n) is 3.22. The second kappa shape index (κ2) is 12.3. The van der Waals surface area contributed by atoms with Gasteiger partial charge in [-0.3, -0.25) is 4.79 Å². The molecule has 0 radical (unpaired) electrons. The van der Waals surface area contributed by atoms with E-state index in [4.69, 9.17) is 19.2 Å². The smallest absolute Gasteiger partial charge is 0.338 e. The van der Waals surface area contributed by atoms with E-state index >= 15 is 0 Å². The van der Waals surface area contributed by atoms with Gasteiger partial charge in [0.05, 0.1) is 32.2 Å². The Kier molecular flexibility index (Phi) is 9.81. The van der Waals surface area contributed by atoms with Gasteiger partial charge in [-0.25, -0.2) is 9.79 Å². The third kappa shape index (κ3) is 6.52. The van der Waals surface area contributed by atoms with E-state index in [9.17, 15) is 9.59 Å². The van der Waals surface area contributed by atoms with Crippen LogP contribution >= 0.6 is 11.8 Å². The lowest BCUT2D eigenvalue weighted by molar-refractivity contribution is -0.138. The molecule has 7 nitrogen and oxygen atoms in total. The number of hydrogen-bond acceptors (Lipinski definition) is 8. The molecule has 1 N–H and O–H groups in total. The molecule has 9 heteroatoms. The third-order valence-corrected chi connectivity index (χ3v) is 5.78. The summed E-state index contributed by atoms with van der Waals surface area (Å²) in [5.41, 5.74) is 2.52. The molecule has 0 saturated carbocycles. The van der Waals surface area contributed by atoms with Crippen molar-refractivity contribution < 1.29 is 36.2 Å². The van der Waals surface area contributed by atoms with E-state index in [1.165, 1.54) is 11.8 Å². The van der Waals surface area contributed by atoms with Gasteiger partial charge in [-0.15, -0.1) is 0 Å². The highest BCUT2D eigenvalue weighted by Gasteiger charge is 2.30. The van der Waals surface area contributed by atoms with Gasteiger partial charge < -0.3 is 31.9 Å². The topological polar surface area (TPSA) is 86.2 Å². The van der Waals surface area contributed by atoms with Crippen LogP contribution in [0.25, 0.3) is 0 Å². The van der Waals surface area contributed by atoms with Crippen LogP contribution in [0.2, 0.25) is 0 Å². The Bertz CT molecular complexity index is 1040. The van der Waals surface area contributed by atoms with Gasteiger partial charge >= 0.3 is 5.97 Å². The summed E-state index contributed by atoms with van der Waals surface area (Å²) in [5, 5.41) is 3.72. The maximum Gasteiger partial charge on any atom is 0.338 e. The first-order valence-electron chi connectivity index (χ1n) is 10.1. The second-order valence-electron chi connectivity index (χ2n) is 6.93. The number of ketones is 1. The third-order valence-electron chi connectivity index (χ3n) is 4.90. The lowest BCUT2D eigenvalue weighted by atomic mass is 9.96. The molecule has 0 spiro atoms. The Morgan fingerprint density at radius 3 is 2.12 bits per heavy atom. The minimum atomic E-state index is -0.542. The molecule has 0 saturated heterocycles. The number of nitrogens with one attached hydrogen (secondary N) is 1. The van der Waals surface area contributed by atoms with Gasteiger partial charge in [0.1, 0.15) is 17.5 Å². The monoisotopic (exact) mass is 489 g/mol. The van der Waals surface area contributed by atoms with Crippen LogP contribution in [0.3, 0.4) is 0 Å². The first-order valence-corrected chi connectivity index (χ1v) is 11.1. The van der Waals surface area contributed by atoms with Crippen molar-refractivity contribution in [3.63, 3.8) is 0 Å². The number of methoxy groups -OCH3 is 2. The predicted octanol–water partition coefficient (Wildman–Crippen LogP) is 1.16. The fourth-order valence-corrected chi connectivity index (χ4v) is 4.06. The number of ether oxygens (including phenoxy) is 3. The largest absolute Gasteiger partial charge is 1.00 e. The van der Waals surface area contributed by atoms with E-state index < -0.39 is 12.0 Å². The van der Waals surface area contributed by atoms with E-state index in [1.807, 2.05) is 31.2 Å². The molecule has 0 bridgehead atoms. The predicted molar refractivity (Wildman–Crippen MR) is 125 cm³/mol. The minimum absolute atomic E-state index is 0. The van der Waals surface area contributed by atoms with Crippen molar-refractivity contribution in [1.29, 1.82) is 0 Å². The summed E-state index contributed by atoms with van der Waals surface area (Å²) in [6.07, 6.45) is 0. The van der Waals surface area contributed by atoms with Crippen molar-refractivity contribution in [1.82, 2.24) is 5.32 Å². The molecular weight excluding hydrogens is 464 g/mol. The van der Waals surface area contributed by atoms with Crippen molar-refractivity contribution in [2.75, 3.05) is 26.6 Å². The molecule has 2 aromatic rings. The van der Waals surface area contributed by atoms with E-state index in [1.54, 1.807) is 45.4 Å². The Hall–Kier alpha value is -2.97. The van der Waals surface area contributed by atoms with Gasteiger partial charge in [0.15, 0.2) is 11.0 Å². The summed E-state index contributed by atoms with van der Waals surface area (Å²) < 4.78 is 15.6. The van der Waals surface area contributed by atoms with Gasteiger partial charge in [-0.05, 0) is 55.8 Å². The maximum atomic E-state index is 12.6. The van der Waals surface area contributed by atoms with Gasteiger partial charge in [-0.1, -0.05) is 23.9 Å². The summed E-state index contributed by atoms with van der Waals surface area (Å²) in [6, 6.07) is 13.8. The summed E-state index contributed by atoms with van der Waals surface area (Å²) >= 11 is 1.29. The van der Waals surface area contributed by atoms with Crippen LogP contribution in [0.5, 0.6) is 11.5 Å². The molecule has 0 amide bonds. The average Bonchev–Trinajstić information content (AvgIpc) is 2.82. The molecule has 1 heterocycles. The van der Waals surface area contributed by atoms with Crippen LogP contribution in [-0.4, -0.2) is 43.5 Å². The average molecular weight is 490 g/mol. The summed E-state index contributed by atoms with van der Waals surface area (Å²) in [6.45, 7) is 3.84. The lowest BCUT2D eigenvalue weighted by Crippen LogP contribution is -3.00. The Balaban J connectivity index is 0.00000385. The number of thioether (sulfide) groups is 1. The zero-order valence-corrected chi connectivity index (χ0v) is 20.5. The molecule has 1 atom stereocenters. The molecule has 1 unspecified atom stereocenters. The summed E-state index contributed by atoms with van der Waals surface area (Å²) in [5.74, 6) is 1.17. The number of amidine groups is 1. The number of nitrogens with zero attached hydrogens (tertiary/aromatic N) is 1. The number of benzene rings is 2. The van der Waals surface area contributed by atoms with Crippen LogP contribution in [0, 0.1) is 0 Å². The molecule has 3 rings (SSSR count). The number of rotatable bonds is 8. The maximum absolute atomic E-state index is 12.6. The van der Waals surface area contributed by atoms with E-state index in [-0.39, 0.29) is 30.6 Å². The number of allylic oxidation sites excluding steroid dienone is 1. The van der Waals surface area contributed by atoms with Crippen LogP contribution in [0.1, 0.15) is 35.8 Å². The molecule has 176 valence electrons. The molecule has 0 aromatic heterocycles. The van der Waals surface area contributed by atoms with Crippen molar-refractivity contribution >= 4 is 28.7 Å². The number of hydrogen-bond donors (Lipinski definition) is 1. The number of esters is 1. The number of carbonyl (C=O) groups is 2. The summed E-state index contributed by atoms with van der Waals surface area (Å²) in [7, 11) is 3.18. The fraction of sp³-hybridized carbons (Fsp3) is 0.292. The summed E-state index contributed by atoms with van der Waals surface area (Å²) in [4.78, 5) is 30.0. The normalized spacial score (nSPS) is 15.0. The first-order chi connectivity index (χ1) is 15.5. The van der Waals surface area contributed by atoms with Gasteiger partial charge in [0.2, 0.25) is 0 Å². The number of halogens is 1. The van der Waals surface area contributed by atoms with E-state index in [0.717, 1.165) is 5.56 Å². The van der Waals surface area contributed by atoms with Crippen LogP contribution in [0.15, 0.2) is 64.8 Å². The molecular formula is C24H26ClN2O5S-. The van der Waals surface area contributed by atoms with Crippen molar-refractivity contribution in [2.24, 2.45) is 4.99 Å². The number of carbonyl (C=O) groups excluding carboxylic acids is 2. The molecule has 0 aliphatic carbocycles. The highest BCUT2D eigenvalue weighted by atomic mass is 35.5. The van der Waals surface area contributed by atoms with Crippen LogP contribution in [0.4, 0.5) is 0 Å². The Morgan fingerprint density at radius 2 is 1.58 bits per heavy atom. The number of Topliss-reactive ketones (excluding diaryl/α,β-unsaturated/α-hetero) is 1. The molecule has 1 aliphatic heterocycles. The second-order valence-corrected chi connectivity index (χ2v) is 7.90. The molecule has 0 fully saturated rings. The van der Waals surface area contributed by atoms with Gasteiger partial charge in [0, 0.05) is 11.3 Å². The van der Waals surface area contributed by atoms with E-state index in [0.29, 0.717) is 33.5 Å². The molecule has 1 aliphatic rings.